The predicted octanol–water partition coefficient (Wildman–Crippen LogP) is 1.81. The number of aromatic nitrogens is 1. The van der Waals surface area contributed by atoms with Crippen LogP contribution in [-0.4, -0.2) is 29.9 Å². The molecular formula is C16H18N2O4. The van der Waals surface area contributed by atoms with Gasteiger partial charge >= 0.3 is 6.09 Å². The van der Waals surface area contributed by atoms with Crippen molar-refractivity contribution in [2.45, 2.75) is 12.5 Å². The number of pyridine rings is 1. The van der Waals surface area contributed by atoms with Crippen LogP contribution in [0.5, 0.6) is 5.75 Å². The summed E-state index contributed by atoms with van der Waals surface area (Å²) in [4.78, 5) is 15.4. The summed E-state index contributed by atoms with van der Waals surface area (Å²) in [6.07, 6.45) is 0.528. The summed E-state index contributed by atoms with van der Waals surface area (Å²) >= 11 is 0. The molecule has 0 aliphatic rings. The molecule has 0 bridgehead atoms. The van der Waals surface area contributed by atoms with E-state index in [2.05, 4.69) is 4.98 Å². The van der Waals surface area contributed by atoms with Crippen LogP contribution in [0.25, 0.3) is 0 Å². The van der Waals surface area contributed by atoms with Crippen LogP contribution in [0.1, 0.15) is 22.9 Å². The molecule has 1 unspecified atom stereocenters. The van der Waals surface area contributed by atoms with Crippen LogP contribution in [0.4, 0.5) is 4.79 Å². The van der Waals surface area contributed by atoms with E-state index in [9.17, 15) is 4.79 Å². The van der Waals surface area contributed by atoms with Gasteiger partial charge in [-0.05, 0) is 41.8 Å². The Morgan fingerprint density at radius 3 is 2.64 bits per heavy atom. The number of methoxy groups -OCH3 is 1. The summed E-state index contributed by atoms with van der Waals surface area (Å²) in [5.74, 6) is 0.698. The standard InChI is InChI=1S/C16H18N2O4/c1-21-13-4-2-12(3-5-13)15(22-16(17)20)14-10-11(7-9-19)6-8-18-14/h2-6,8,10,15,19H,7,9H2,1H3,(H2,17,20). The molecule has 6 heteroatoms. The van der Waals surface area contributed by atoms with Crippen LogP contribution in [0.15, 0.2) is 42.6 Å². The maximum absolute atomic E-state index is 11.2. The lowest BCUT2D eigenvalue weighted by Crippen LogP contribution is -2.19. The number of aliphatic hydroxyl groups is 1. The number of carbonyl (C=O) groups excluding carboxylic acids is 1. The average Bonchev–Trinajstić information content (AvgIpc) is 2.53. The summed E-state index contributed by atoms with van der Waals surface area (Å²) in [6.45, 7) is 0.0351. The highest BCUT2D eigenvalue weighted by Crippen LogP contribution is 2.26. The largest absolute Gasteiger partial charge is 0.497 e. The van der Waals surface area contributed by atoms with Gasteiger partial charge in [-0.2, -0.15) is 0 Å². The lowest BCUT2D eigenvalue weighted by atomic mass is 10.0. The lowest BCUT2D eigenvalue weighted by Gasteiger charge is -2.17. The number of hydrogen-bond acceptors (Lipinski definition) is 5. The minimum absolute atomic E-state index is 0.0351. The van der Waals surface area contributed by atoms with Gasteiger partial charge < -0.3 is 20.3 Å². The molecule has 1 atom stereocenters. The average molecular weight is 302 g/mol. The van der Waals surface area contributed by atoms with E-state index in [1.54, 1.807) is 49.7 Å². The minimum Gasteiger partial charge on any atom is -0.497 e. The summed E-state index contributed by atoms with van der Waals surface area (Å²) < 4.78 is 10.3. The van der Waals surface area contributed by atoms with Crippen molar-refractivity contribution in [1.29, 1.82) is 0 Å². The smallest absolute Gasteiger partial charge is 0.405 e. The molecule has 0 aliphatic heterocycles. The van der Waals surface area contributed by atoms with E-state index >= 15 is 0 Å². The fourth-order valence-electron chi connectivity index (χ4n) is 2.12. The molecule has 0 radical (unpaired) electrons. The molecule has 0 saturated heterocycles. The summed E-state index contributed by atoms with van der Waals surface area (Å²) in [5, 5.41) is 9.03. The Morgan fingerprint density at radius 1 is 1.32 bits per heavy atom. The first-order valence-electron chi connectivity index (χ1n) is 6.79. The Balaban J connectivity index is 2.36. The lowest BCUT2D eigenvalue weighted by molar-refractivity contribution is 0.124. The van der Waals surface area contributed by atoms with Crippen LogP contribution in [-0.2, 0) is 11.2 Å². The minimum atomic E-state index is -0.879. The van der Waals surface area contributed by atoms with E-state index in [-0.39, 0.29) is 6.61 Å². The highest BCUT2D eigenvalue weighted by Gasteiger charge is 2.19. The SMILES string of the molecule is COc1ccc(C(OC(N)=O)c2cc(CCO)ccn2)cc1. The second-order valence-corrected chi connectivity index (χ2v) is 4.65. The molecule has 1 aromatic carbocycles. The second kappa shape index (κ2) is 7.42. The molecule has 2 aromatic rings. The third-order valence-electron chi connectivity index (χ3n) is 3.17. The van der Waals surface area contributed by atoms with Gasteiger partial charge in [0.1, 0.15) is 5.75 Å². The van der Waals surface area contributed by atoms with Gasteiger partial charge in [-0.15, -0.1) is 0 Å². The maximum atomic E-state index is 11.2. The monoisotopic (exact) mass is 302 g/mol. The molecule has 2 rings (SSSR count). The number of aliphatic hydroxyl groups excluding tert-OH is 1. The Kier molecular flexibility index (Phi) is 5.32. The first kappa shape index (κ1) is 15.8. The summed E-state index contributed by atoms with van der Waals surface area (Å²) in [5.41, 5.74) is 7.35. The van der Waals surface area contributed by atoms with E-state index in [4.69, 9.17) is 20.3 Å². The highest BCUT2D eigenvalue weighted by atomic mass is 16.6. The van der Waals surface area contributed by atoms with Gasteiger partial charge in [0, 0.05) is 12.8 Å². The van der Waals surface area contributed by atoms with Crippen LogP contribution in [0, 0.1) is 0 Å². The molecule has 0 saturated carbocycles. The van der Waals surface area contributed by atoms with Crippen molar-refractivity contribution in [2.75, 3.05) is 13.7 Å². The number of amides is 1. The maximum Gasteiger partial charge on any atom is 0.405 e. The third kappa shape index (κ3) is 3.95. The quantitative estimate of drug-likeness (QED) is 0.848. The molecule has 0 spiro atoms. The Bertz CT molecular complexity index is 628. The van der Waals surface area contributed by atoms with Crippen molar-refractivity contribution < 1.29 is 19.4 Å². The molecular weight excluding hydrogens is 284 g/mol. The molecule has 116 valence electrons. The van der Waals surface area contributed by atoms with Gasteiger partial charge in [-0.3, -0.25) is 4.98 Å². The Morgan fingerprint density at radius 2 is 2.05 bits per heavy atom. The predicted molar refractivity (Wildman–Crippen MR) is 80.5 cm³/mol. The highest BCUT2D eigenvalue weighted by molar-refractivity contribution is 5.65. The fourth-order valence-corrected chi connectivity index (χ4v) is 2.12. The third-order valence-corrected chi connectivity index (χ3v) is 3.17. The topological polar surface area (TPSA) is 94.7 Å². The van der Waals surface area contributed by atoms with Gasteiger partial charge in [-0.25, -0.2) is 4.79 Å². The molecule has 6 nitrogen and oxygen atoms in total. The van der Waals surface area contributed by atoms with Crippen LogP contribution in [0.3, 0.4) is 0 Å². The van der Waals surface area contributed by atoms with Gasteiger partial charge in [0.2, 0.25) is 0 Å². The van der Waals surface area contributed by atoms with Gasteiger partial charge in [0.05, 0.1) is 12.8 Å². The van der Waals surface area contributed by atoms with Crippen LogP contribution in [0.2, 0.25) is 0 Å². The first-order valence-corrected chi connectivity index (χ1v) is 6.79. The Labute approximate surface area is 128 Å². The normalized spacial score (nSPS) is 11.7. The van der Waals surface area contributed by atoms with Crippen LogP contribution >= 0.6 is 0 Å². The van der Waals surface area contributed by atoms with Crippen molar-refractivity contribution in [2.24, 2.45) is 5.73 Å². The van der Waals surface area contributed by atoms with Gasteiger partial charge in [-0.1, -0.05) is 12.1 Å². The fraction of sp³-hybridized carbons (Fsp3) is 0.250. The van der Waals surface area contributed by atoms with Crippen LogP contribution < -0.4 is 10.5 Å². The second-order valence-electron chi connectivity index (χ2n) is 4.65. The van der Waals surface area contributed by atoms with E-state index in [1.165, 1.54) is 0 Å². The number of benzene rings is 1. The Hall–Kier alpha value is -2.60. The number of hydrogen-bond donors (Lipinski definition) is 2. The molecule has 3 N–H and O–H groups in total. The summed E-state index contributed by atoms with van der Waals surface area (Å²) in [7, 11) is 1.58. The number of ether oxygens (including phenoxy) is 2. The van der Waals surface area contributed by atoms with E-state index in [1.807, 2.05) is 0 Å². The summed E-state index contributed by atoms with van der Waals surface area (Å²) in [6, 6.07) is 10.7. The van der Waals surface area contributed by atoms with Crippen molar-refractivity contribution in [3.63, 3.8) is 0 Å². The van der Waals surface area contributed by atoms with Crippen molar-refractivity contribution in [3.05, 3.63) is 59.4 Å². The van der Waals surface area contributed by atoms with Gasteiger partial charge in [0.15, 0.2) is 6.10 Å². The zero-order chi connectivity index (χ0) is 15.9. The number of nitrogens with zero attached hydrogens (tertiary/aromatic N) is 1. The molecule has 0 aliphatic carbocycles. The van der Waals surface area contributed by atoms with E-state index < -0.39 is 12.2 Å². The van der Waals surface area contributed by atoms with E-state index in [0.717, 1.165) is 11.1 Å². The van der Waals surface area contributed by atoms with Crippen molar-refractivity contribution in [1.82, 2.24) is 4.98 Å². The van der Waals surface area contributed by atoms with Gasteiger partial charge in [0.25, 0.3) is 0 Å². The molecule has 0 fully saturated rings. The number of nitrogens with two attached hydrogens (primary N) is 1. The number of carbonyl (C=O) groups is 1. The van der Waals surface area contributed by atoms with Crippen molar-refractivity contribution >= 4 is 6.09 Å². The van der Waals surface area contributed by atoms with E-state index in [0.29, 0.717) is 17.9 Å². The van der Waals surface area contributed by atoms with Crippen molar-refractivity contribution in [3.8, 4) is 5.75 Å². The zero-order valence-corrected chi connectivity index (χ0v) is 12.2. The number of rotatable bonds is 6. The molecule has 22 heavy (non-hydrogen) atoms. The molecule has 1 amide bonds. The first-order chi connectivity index (χ1) is 10.6. The number of primary amides is 1. The molecule has 1 aromatic heterocycles. The molecule has 1 heterocycles. The zero-order valence-electron chi connectivity index (χ0n) is 12.2.